The average molecular weight is 513 g/mol. The smallest absolute Gasteiger partial charge is 0.199 e. The van der Waals surface area contributed by atoms with Crippen LogP contribution in [0.4, 0.5) is 19.0 Å². The highest BCUT2D eigenvalue weighted by atomic mass is 32.1. The van der Waals surface area contributed by atoms with Gasteiger partial charge in [-0.3, -0.25) is 0 Å². The molecule has 0 unspecified atom stereocenters. The average Bonchev–Trinajstić information content (AvgIpc) is 3.40. The van der Waals surface area contributed by atoms with Gasteiger partial charge in [0.25, 0.3) is 0 Å². The minimum atomic E-state index is -0.559. The predicted octanol–water partition coefficient (Wildman–Crippen LogP) is 2.30. The van der Waals surface area contributed by atoms with Crippen LogP contribution in [0.25, 0.3) is 20.4 Å². The zero-order valence-electron chi connectivity index (χ0n) is 17.3. The molecule has 6 N–H and O–H groups in total. The maximum atomic E-state index is 14.1. The van der Waals surface area contributed by atoms with Crippen LogP contribution in [-0.4, -0.2) is 58.8 Å². The summed E-state index contributed by atoms with van der Waals surface area (Å²) in [6, 6.07) is 2.85. The van der Waals surface area contributed by atoms with Crippen molar-refractivity contribution in [3.63, 3.8) is 0 Å². The zero-order valence-corrected chi connectivity index (χ0v) is 18.9. The van der Waals surface area contributed by atoms with E-state index in [1.165, 1.54) is 17.4 Å². The summed E-state index contributed by atoms with van der Waals surface area (Å²) in [5, 5.41) is 18.6. The Morgan fingerprint density at radius 3 is 2.12 bits per heavy atom. The molecule has 6 rings (SSSR count). The Morgan fingerprint density at radius 1 is 0.853 bits per heavy atom. The number of ether oxygens (including phenoxy) is 4. The number of thiazole rings is 2. The molecular formula is C20H18F2N4O6S2. The van der Waals surface area contributed by atoms with E-state index >= 15 is 0 Å². The summed E-state index contributed by atoms with van der Waals surface area (Å²) in [5.41, 5.74) is 12.0. The first-order valence-corrected chi connectivity index (χ1v) is 11.6. The molecule has 4 aromatic rings. The van der Waals surface area contributed by atoms with Gasteiger partial charge in [-0.25, -0.2) is 18.7 Å². The first kappa shape index (κ1) is 22.6. The van der Waals surface area contributed by atoms with Crippen molar-refractivity contribution in [1.82, 2.24) is 9.97 Å². The quantitative estimate of drug-likeness (QED) is 0.314. The molecule has 0 radical (unpaired) electrons. The van der Waals surface area contributed by atoms with Gasteiger partial charge < -0.3 is 40.6 Å². The second-order valence-electron chi connectivity index (χ2n) is 7.30. The number of hydrogen-bond acceptors (Lipinski definition) is 12. The first-order chi connectivity index (χ1) is 16.4. The second-order valence-corrected chi connectivity index (χ2v) is 9.36. The SMILES string of the molecule is Nc1nc2cc(F)c3c(c2s1)OC[C@H](CO)O3.Nc1nc2cc3c(c(F)c2s1)O[C@@H](CO)CO3. The summed E-state index contributed by atoms with van der Waals surface area (Å²) in [5.74, 6) is -0.442. The highest BCUT2D eigenvalue weighted by Gasteiger charge is 2.28. The van der Waals surface area contributed by atoms with Crippen molar-refractivity contribution < 1.29 is 37.9 Å². The number of anilines is 2. The molecule has 2 aromatic heterocycles. The topological polar surface area (TPSA) is 155 Å². The number of aromatic nitrogens is 2. The molecule has 2 aliphatic heterocycles. The maximum Gasteiger partial charge on any atom is 0.199 e. The molecule has 0 bridgehead atoms. The monoisotopic (exact) mass is 512 g/mol. The molecule has 0 saturated carbocycles. The number of nitrogen functional groups attached to an aromatic ring is 2. The molecule has 0 saturated heterocycles. The summed E-state index contributed by atoms with van der Waals surface area (Å²) < 4.78 is 50.2. The number of benzene rings is 2. The summed E-state index contributed by atoms with van der Waals surface area (Å²) in [4.78, 5) is 7.99. The van der Waals surface area contributed by atoms with Crippen LogP contribution in [0.2, 0.25) is 0 Å². The van der Waals surface area contributed by atoms with E-state index in [1.807, 2.05) is 0 Å². The van der Waals surface area contributed by atoms with Crippen LogP contribution >= 0.6 is 22.7 Å². The van der Waals surface area contributed by atoms with Crippen LogP contribution < -0.4 is 30.4 Å². The fraction of sp³-hybridized carbons (Fsp3) is 0.300. The molecule has 0 amide bonds. The Balaban J connectivity index is 0.000000142. The lowest BCUT2D eigenvalue weighted by atomic mass is 10.2. The molecule has 10 nitrogen and oxygen atoms in total. The number of rotatable bonds is 2. The molecule has 2 atom stereocenters. The van der Waals surface area contributed by atoms with Crippen molar-refractivity contribution in [3.8, 4) is 23.0 Å². The number of aliphatic hydroxyl groups is 2. The first-order valence-electron chi connectivity index (χ1n) is 9.95. The van der Waals surface area contributed by atoms with Crippen molar-refractivity contribution in [2.24, 2.45) is 0 Å². The lowest BCUT2D eigenvalue weighted by Crippen LogP contribution is -2.32. The number of aliphatic hydroxyl groups excluding tert-OH is 2. The van der Waals surface area contributed by atoms with Crippen LogP contribution in [0.5, 0.6) is 23.0 Å². The van der Waals surface area contributed by atoms with Gasteiger partial charge in [0.15, 0.2) is 57.1 Å². The van der Waals surface area contributed by atoms with Gasteiger partial charge in [0, 0.05) is 12.1 Å². The third kappa shape index (κ3) is 3.98. The van der Waals surface area contributed by atoms with Gasteiger partial charge in [-0.1, -0.05) is 22.7 Å². The Hall–Kier alpha value is -3.20. The summed E-state index contributed by atoms with van der Waals surface area (Å²) in [6.07, 6.45) is -1.08. The summed E-state index contributed by atoms with van der Waals surface area (Å²) in [6.45, 7) is -0.0720. The van der Waals surface area contributed by atoms with Crippen LogP contribution in [0.1, 0.15) is 0 Å². The number of nitrogens with zero attached hydrogens (tertiary/aromatic N) is 2. The largest absolute Gasteiger partial charge is 0.486 e. The van der Waals surface area contributed by atoms with E-state index < -0.39 is 23.8 Å². The van der Waals surface area contributed by atoms with E-state index in [9.17, 15) is 8.78 Å². The van der Waals surface area contributed by atoms with E-state index in [0.29, 0.717) is 42.2 Å². The van der Waals surface area contributed by atoms with Crippen LogP contribution in [0.3, 0.4) is 0 Å². The summed E-state index contributed by atoms with van der Waals surface area (Å²) in [7, 11) is 0. The normalized spacial score (nSPS) is 18.6. The van der Waals surface area contributed by atoms with E-state index in [0.717, 1.165) is 11.3 Å². The standard InChI is InChI=1S/2C10H9FN2O3S/c11-7-8-6(15-3-4(2-14)16-8)1-5-9(7)17-10(12)13-5;11-5-1-6-9(17-10(12)13-6)8-7(5)16-4(2-14)3-15-8/h2*1,4,14H,2-3H2,(H2,12,13)/t2*4-/m00/s1. The second kappa shape index (κ2) is 8.87. The van der Waals surface area contributed by atoms with Gasteiger partial charge in [-0.2, -0.15) is 0 Å². The molecule has 0 fully saturated rings. The van der Waals surface area contributed by atoms with E-state index in [2.05, 4.69) is 9.97 Å². The third-order valence-corrected chi connectivity index (χ3v) is 6.73. The molecule has 180 valence electrons. The molecule has 2 aliphatic rings. The van der Waals surface area contributed by atoms with Gasteiger partial charge >= 0.3 is 0 Å². The van der Waals surface area contributed by atoms with Crippen LogP contribution in [0.15, 0.2) is 12.1 Å². The Morgan fingerprint density at radius 2 is 1.44 bits per heavy atom. The van der Waals surface area contributed by atoms with Crippen LogP contribution in [-0.2, 0) is 0 Å². The number of fused-ring (bicyclic) bond motifs is 5. The third-order valence-electron chi connectivity index (χ3n) is 4.94. The lowest BCUT2D eigenvalue weighted by molar-refractivity contribution is 0.0423. The number of halogens is 2. The highest BCUT2D eigenvalue weighted by molar-refractivity contribution is 7.22. The predicted molar refractivity (Wildman–Crippen MR) is 122 cm³/mol. The Labute approximate surface area is 198 Å². The minimum Gasteiger partial charge on any atom is -0.486 e. The highest BCUT2D eigenvalue weighted by Crippen LogP contribution is 2.44. The van der Waals surface area contributed by atoms with E-state index in [4.69, 9.17) is 40.6 Å². The van der Waals surface area contributed by atoms with Gasteiger partial charge in [0.05, 0.1) is 28.9 Å². The fourth-order valence-corrected chi connectivity index (χ4v) is 4.96. The molecule has 0 spiro atoms. The Kier molecular flexibility index (Phi) is 5.89. The van der Waals surface area contributed by atoms with Crippen molar-refractivity contribution in [2.45, 2.75) is 12.2 Å². The number of nitrogens with two attached hydrogens (primary N) is 2. The number of hydrogen-bond donors (Lipinski definition) is 4. The van der Waals surface area contributed by atoms with Crippen molar-refractivity contribution >= 4 is 53.4 Å². The Bertz CT molecular complexity index is 1370. The molecule has 0 aliphatic carbocycles. The van der Waals surface area contributed by atoms with Gasteiger partial charge in [0.2, 0.25) is 0 Å². The maximum absolute atomic E-state index is 14.1. The van der Waals surface area contributed by atoms with Crippen molar-refractivity contribution in [3.05, 3.63) is 23.8 Å². The van der Waals surface area contributed by atoms with Gasteiger partial charge in [0.1, 0.15) is 17.9 Å². The van der Waals surface area contributed by atoms with E-state index in [-0.39, 0.29) is 37.9 Å². The lowest BCUT2D eigenvalue weighted by Gasteiger charge is -2.25. The van der Waals surface area contributed by atoms with E-state index in [1.54, 1.807) is 6.07 Å². The minimum absolute atomic E-state index is 0.0199. The van der Waals surface area contributed by atoms with Gasteiger partial charge in [-0.15, -0.1) is 0 Å². The zero-order chi connectivity index (χ0) is 24.0. The molecule has 2 aromatic carbocycles. The molecule has 14 heteroatoms. The van der Waals surface area contributed by atoms with Crippen molar-refractivity contribution in [2.75, 3.05) is 37.9 Å². The molecule has 4 heterocycles. The van der Waals surface area contributed by atoms with Gasteiger partial charge in [-0.05, 0) is 0 Å². The van der Waals surface area contributed by atoms with Crippen molar-refractivity contribution in [1.29, 1.82) is 0 Å². The van der Waals surface area contributed by atoms with Crippen LogP contribution in [0, 0.1) is 11.6 Å². The summed E-state index contributed by atoms with van der Waals surface area (Å²) >= 11 is 2.27. The fourth-order valence-electron chi connectivity index (χ4n) is 3.41. The molecule has 34 heavy (non-hydrogen) atoms. The molecular weight excluding hydrogens is 494 g/mol.